The molecule has 0 spiro atoms. The fourth-order valence-electron chi connectivity index (χ4n) is 3.56. The van der Waals surface area contributed by atoms with Crippen molar-refractivity contribution in [3.8, 4) is 5.75 Å². The molecule has 1 aromatic rings. The minimum Gasteiger partial charge on any atom is -0.507 e. The van der Waals surface area contributed by atoms with E-state index in [0.29, 0.717) is 25.0 Å². The first kappa shape index (κ1) is 20.2. The minimum atomic E-state index is -0.685. The molecule has 0 amide bonds. The van der Waals surface area contributed by atoms with E-state index in [1.807, 2.05) is 23.9 Å². The van der Waals surface area contributed by atoms with Gasteiger partial charge in [-0.2, -0.15) is 11.8 Å². The van der Waals surface area contributed by atoms with Gasteiger partial charge < -0.3 is 10.2 Å². The molecule has 25 heavy (non-hydrogen) atoms. The molecule has 4 heteroatoms. The number of rotatable bonds is 3. The molecule has 1 fully saturated rings. The normalized spacial score (nSPS) is 18.2. The number of carbonyl (C=O) groups is 1. The summed E-state index contributed by atoms with van der Waals surface area (Å²) >= 11 is 1.84. The lowest BCUT2D eigenvalue weighted by atomic mass is 9.73. The van der Waals surface area contributed by atoms with E-state index in [1.54, 1.807) is 0 Å². The van der Waals surface area contributed by atoms with Crippen LogP contribution in [0.25, 0.3) is 0 Å². The molecule has 0 aliphatic carbocycles. The molecule has 0 radical (unpaired) electrons. The van der Waals surface area contributed by atoms with Gasteiger partial charge in [-0.3, -0.25) is 4.79 Å². The van der Waals surface area contributed by atoms with Gasteiger partial charge in [0.25, 0.3) is 0 Å². The number of phenols is 1. The molecule has 140 valence electrons. The summed E-state index contributed by atoms with van der Waals surface area (Å²) in [6, 6.07) is 4.05. The summed E-state index contributed by atoms with van der Waals surface area (Å²) in [5, 5.41) is 20.7. The molecular weight excluding hydrogens is 332 g/mol. The molecule has 0 atom stereocenters. The second-order valence-electron chi connectivity index (χ2n) is 9.41. The van der Waals surface area contributed by atoms with Crippen molar-refractivity contribution in [3.05, 3.63) is 28.8 Å². The van der Waals surface area contributed by atoms with E-state index in [0.717, 1.165) is 28.2 Å². The molecule has 1 aliphatic heterocycles. The van der Waals surface area contributed by atoms with Crippen LogP contribution >= 0.6 is 11.8 Å². The summed E-state index contributed by atoms with van der Waals surface area (Å²) in [4.78, 5) is 12.1. The molecule has 1 heterocycles. The Morgan fingerprint density at radius 3 is 1.84 bits per heavy atom. The molecule has 0 unspecified atom stereocenters. The number of aromatic hydroxyl groups is 1. The van der Waals surface area contributed by atoms with Gasteiger partial charge in [-0.15, -0.1) is 0 Å². The first-order valence-electron chi connectivity index (χ1n) is 9.05. The molecule has 0 aromatic heterocycles. The van der Waals surface area contributed by atoms with Gasteiger partial charge in [-0.05, 0) is 58.3 Å². The van der Waals surface area contributed by atoms with Gasteiger partial charge in [0.2, 0.25) is 0 Å². The Labute approximate surface area is 156 Å². The van der Waals surface area contributed by atoms with Gasteiger partial charge in [-0.1, -0.05) is 53.7 Å². The van der Waals surface area contributed by atoms with Gasteiger partial charge in [0.15, 0.2) is 0 Å². The van der Waals surface area contributed by atoms with E-state index in [4.69, 9.17) is 0 Å². The number of phenolic OH excluding ortho intramolecular Hbond substituents is 1. The lowest BCUT2D eigenvalue weighted by Crippen LogP contribution is -2.37. The van der Waals surface area contributed by atoms with Crippen molar-refractivity contribution >= 4 is 17.7 Å². The highest BCUT2D eigenvalue weighted by Crippen LogP contribution is 2.43. The van der Waals surface area contributed by atoms with E-state index in [1.165, 1.54) is 0 Å². The fourth-order valence-corrected chi connectivity index (χ4v) is 4.83. The lowest BCUT2D eigenvalue weighted by molar-refractivity contribution is -0.149. The van der Waals surface area contributed by atoms with Crippen LogP contribution in [-0.2, 0) is 22.0 Å². The van der Waals surface area contributed by atoms with E-state index in [9.17, 15) is 15.0 Å². The third-order valence-electron chi connectivity index (χ3n) is 5.23. The predicted molar refractivity (Wildman–Crippen MR) is 106 cm³/mol. The zero-order valence-electron chi connectivity index (χ0n) is 16.4. The van der Waals surface area contributed by atoms with Crippen LogP contribution < -0.4 is 0 Å². The second kappa shape index (κ2) is 6.86. The zero-order valence-corrected chi connectivity index (χ0v) is 17.2. The number of hydrogen-bond acceptors (Lipinski definition) is 3. The minimum absolute atomic E-state index is 0.196. The van der Waals surface area contributed by atoms with E-state index in [-0.39, 0.29) is 10.8 Å². The molecule has 1 saturated heterocycles. The molecule has 1 aliphatic rings. The van der Waals surface area contributed by atoms with Crippen LogP contribution in [0.5, 0.6) is 5.75 Å². The maximum absolute atomic E-state index is 12.1. The Balaban J connectivity index is 2.55. The molecule has 0 saturated carbocycles. The predicted octanol–water partition coefficient (Wildman–Crippen LogP) is 5.13. The second-order valence-corrected chi connectivity index (χ2v) is 10.6. The maximum atomic E-state index is 12.1. The third kappa shape index (κ3) is 4.33. The smallest absolute Gasteiger partial charge is 0.310 e. The van der Waals surface area contributed by atoms with Crippen molar-refractivity contribution in [1.82, 2.24) is 0 Å². The summed E-state index contributed by atoms with van der Waals surface area (Å²) < 4.78 is 0. The van der Waals surface area contributed by atoms with E-state index in [2.05, 4.69) is 41.5 Å². The fraction of sp³-hybridized carbons (Fsp3) is 0.667. The molecule has 2 N–H and O–H groups in total. The molecular formula is C21H32O3S. The Hall–Kier alpha value is -1.16. The standard InChI is InChI=1S/C21H32O3S/c1-19(2,3)15-11-14(12-16(17(15)22)20(4,5)6)13-21(18(23)24)7-9-25-10-8-21/h11-12,22H,7-10,13H2,1-6H3,(H,23,24). The van der Waals surface area contributed by atoms with Crippen LogP contribution in [0.3, 0.4) is 0 Å². The van der Waals surface area contributed by atoms with Crippen LogP contribution in [0, 0.1) is 5.41 Å². The summed E-state index contributed by atoms with van der Waals surface area (Å²) in [6.07, 6.45) is 1.96. The van der Waals surface area contributed by atoms with Crippen molar-refractivity contribution < 1.29 is 15.0 Å². The quantitative estimate of drug-likeness (QED) is 0.781. The Morgan fingerprint density at radius 1 is 1.04 bits per heavy atom. The summed E-state index contributed by atoms with van der Waals surface area (Å²) in [5.74, 6) is 1.48. The maximum Gasteiger partial charge on any atom is 0.310 e. The van der Waals surface area contributed by atoms with E-state index < -0.39 is 11.4 Å². The molecule has 1 aromatic carbocycles. The SMILES string of the molecule is CC(C)(C)c1cc(CC2(C(=O)O)CCSCC2)cc(C(C)(C)C)c1O. The first-order chi connectivity index (χ1) is 11.4. The monoisotopic (exact) mass is 364 g/mol. The number of carboxylic acids is 1. The van der Waals surface area contributed by atoms with Crippen LogP contribution in [0.1, 0.15) is 71.1 Å². The van der Waals surface area contributed by atoms with Crippen molar-refractivity contribution in [2.24, 2.45) is 5.41 Å². The number of thioether (sulfide) groups is 1. The molecule has 2 rings (SSSR count). The number of carboxylic acid groups (broad SMARTS) is 1. The van der Waals surface area contributed by atoms with Gasteiger partial charge in [0.05, 0.1) is 5.41 Å². The first-order valence-corrected chi connectivity index (χ1v) is 10.2. The topological polar surface area (TPSA) is 57.5 Å². The highest BCUT2D eigenvalue weighted by Gasteiger charge is 2.40. The number of benzene rings is 1. The molecule has 3 nitrogen and oxygen atoms in total. The Bertz CT molecular complexity index is 609. The van der Waals surface area contributed by atoms with Crippen molar-refractivity contribution in [2.75, 3.05) is 11.5 Å². The van der Waals surface area contributed by atoms with Gasteiger partial charge in [0.1, 0.15) is 5.75 Å². The third-order valence-corrected chi connectivity index (χ3v) is 6.22. The highest BCUT2D eigenvalue weighted by atomic mass is 32.2. The average Bonchev–Trinajstić information content (AvgIpc) is 2.47. The number of aliphatic carboxylic acids is 1. The Morgan fingerprint density at radius 2 is 1.48 bits per heavy atom. The van der Waals surface area contributed by atoms with Crippen molar-refractivity contribution in [1.29, 1.82) is 0 Å². The number of hydrogen-bond donors (Lipinski definition) is 2. The van der Waals surface area contributed by atoms with Crippen molar-refractivity contribution in [3.63, 3.8) is 0 Å². The summed E-state index contributed by atoms with van der Waals surface area (Å²) in [6.45, 7) is 12.5. The zero-order chi connectivity index (χ0) is 19.0. The Kier molecular flexibility index (Phi) is 5.53. The van der Waals surface area contributed by atoms with Crippen molar-refractivity contribution in [2.45, 2.75) is 71.6 Å². The van der Waals surface area contributed by atoms with Crippen LogP contribution in [0.15, 0.2) is 12.1 Å². The van der Waals surface area contributed by atoms with Gasteiger partial charge in [-0.25, -0.2) is 0 Å². The van der Waals surface area contributed by atoms with Crippen LogP contribution in [0.4, 0.5) is 0 Å². The summed E-state index contributed by atoms with van der Waals surface area (Å²) in [5.41, 5.74) is 1.77. The molecule has 0 bridgehead atoms. The highest BCUT2D eigenvalue weighted by molar-refractivity contribution is 7.99. The van der Waals surface area contributed by atoms with Gasteiger partial charge in [0, 0.05) is 0 Å². The lowest BCUT2D eigenvalue weighted by Gasteiger charge is -2.34. The largest absolute Gasteiger partial charge is 0.507 e. The van der Waals surface area contributed by atoms with Crippen LogP contribution in [0.2, 0.25) is 0 Å². The van der Waals surface area contributed by atoms with Crippen LogP contribution in [-0.4, -0.2) is 27.7 Å². The summed E-state index contributed by atoms with van der Waals surface area (Å²) in [7, 11) is 0. The van der Waals surface area contributed by atoms with Gasteiger partial charge >= 0.3 is 5.97 Å². The average molecular weight is 365 g/mol. The van der Waals surface area contributed by atoms with E-state index >= 15 is 0 Å².